The minimum Gasteiger partial charge on any atom is -0.497 e. The van der Waals surface area contributed by atoms with E-state index in [0.29, 0.717) is 24.0 Å². The summed E-state index contributed by atoms with van der Waals surface area (Å²) in [5, 5.41) is 21.5. The Kier molecular flexibility index (Phi) is 11.0. The van der Waals surface area contributed by atoms with Gasteiger partial charge in [-0.3, -0.25) is 0 Å². The first kappa shape index (κ1) is 31.4. The maximum atomic E-state index is 9.55. The zero-order chi connectivity index (χ0) is 30.8. The summed E-state index contributed by atoms with van der Waals surface area (Å²) in [5.74, 6) is 0.404. The molecule has 10 nitrogen and oxygen atoms in total. The fourth-order valence-electron chi connectivity index (χ4n) is 5.09. The molecule has 0 bridgehead atoms. The van der Waals surface area contributed by atoms with Crippen molar-refractivity contribution in [3.63, 3.8) is 0 Å². The van der Waals surface area contributed by atoms with Gasteiger partial charge in [0.25, 0.3) is 0 Å². The van der Waals surface area contributed by atoms with Crippen molar-refractivity contribution in [1.82, 2.24) is 19.7 Å². The normalized spacial score (nSPS) is 14.1. The lowest BCUT2D eigenvalue weighted by Gasteiger charge is -2.31. The van der Waals surface area contributed by atoms with Gasteiger partial charge in [-0.1, -0.05) is 19.9 Å². The van der Waals surface area contributed by atoms with E-state index in [1.165, 1.54) is 34.9 Å². The van der Waals surface area contributed by atoms with Gasteiger partial charge in [0.15, 0.2) is 0 Å². The van der Waals surface area contributed by atoms with Crippen LogP contribution < -0.4 is 9.47 Å². The summed E-state index contributed by atoms with van der Waals surface area (Å²) >= 11 is 0. The van der Waals surface area contributed by atoms with Gasteiger partial charge in [-0.25, -0.2) is 14.3 Å². The molecule has 0 aliphatic carbocycles. The molecule has 2 aromatic heterocycles. The molecule has 0 unspecified atom stereocenters. The Labute approximate surface area is 251 Å². The minimum absolute atomic E-state index is 0.505. The summed E-state index contributed by atoms with van der Waals surface area (Å²) in [6.45, 7) is 8.36. The van der Waals surface area contributed by atoms with Crippen molar-refractivity contribution in [1.29, 1.82) is 0 Å². The number of carboxylic acid groups (broad SMARTS) is 2. The number of fused-ring (bicyclic) bond motifs is 1. The highest BCUT2D eigenvalue weighted by Gasteiger charge is 2.23. The van der Waals surface area contributed by atoms with Gasteiger partial charge in [-0.15, -0.1) is 0 Å². The van der Waals surface area contributed by atoms with Crippen LogP contribution in [-0.4, -0.2) is 75.2 Å². The molecule has 3 N–H and O–H groups in total. The zero-order valence-electron chi connectivity index (χ0n) is 24.9. The number of carbonyl (C=O) groups is 2. The molecule has 0 amide bonds. The second kappa shape index (κ2) is 15.1. The molecule has 0 atom stereocenters. The average Bonchev–Trinajstić information content (AvgIpc) is 3.66. The van der Waals surface area contributed by atoms with Crippen molar-refractivity contribution in [2.75, 3.05) is 33.4 Å². The number of hydrogen-bond acceptors (Lipinski definition) is 6. The maximum Gasteiger partial charge on any atom is 0.328 e. The van der Waals surface area contributed by atoms with Crippen molar-refractivity contribution in [3.8, 4) is 17.2 Å². The number of aliphatic carboxylic acids is 2. The van der Waals surface area contributed by atoms with Gasteiger partial charge >= 0.3 is 11.9 Å². The maximum absolute atomic E-state index is 9.55. The van der Waals surface area contributed by atoms with Gasteiger partial charge < -0.3 is 29.6 Å². The van der Waals surface area contributed by atoms with E-state index in [-0.39, 0.29) is 0 Å². The Balaban J connectivity index is 0.000000467. The molecule has 5 rings (SSSR count). The summed E-state index contributed by atoms with van der Waals surface area (Å²) in [7, 11) is 1.73. The van der Waals surface area contributed by atoms with Crippen LogP contribution in [0.15, 0.2) is 73.2 Å². The van der Waals surface area contributed by atoms with Crippen LogP contribution in [0, 0.1) is 5.92 Å². The van der Waals surface area contributed by atoms with Crippen molar-refractivity contribution in [2.45, 2.75) is 39.0 Å². The lowest BCUT2D eigenvalue weighted by molar-refractivity contribution is -0.134. The Hall–Kier alpha value is -4.57. The van der Waals surface area contributed by atoms with E-state index in [0.717, 1.165) is 49.8 Å². The average molecular weight is 589 g/mol. The second-order valence-corrected chi connectivity index (χ2v) is 11.0. The van der Waals surface area contributed by atoms with Crippen molar-refractivity contribution in [3.05, 3.63) is 84.3 Å². The third kappa shape index (κ3) is 9.21. The van der Waals surface area contributed by atoms with Crippen molar-refractivity contribution < 1.29 is 29.3 Å². The van der Waals surface area contributed by atoms with E-state index in [9.17, 15) is 9.59 Å². The molecule has 10 heteroatoms. The van der Waals surface area contributed by atoms with Crippen LogP contribution in [0.4, 0.5) is 0 Å². The molecule has 0 spiro atoms. The van der Waals surface area contributed by atoms with Crippen LogP contribution >= 0.6 is 0 Å². The van der Waals surface area contributed by atoms with Gasteiger partial charge in [0.05, 0.1) is 25.6 Å². The van der Waals surface area contributed by atoms with E-state index < -0.39 is 11.9 Å². The number of piperidine rings is 1. The number of aromatic nitrogens is 3. The predicted molar refractivity (Wildman–Crippen MR) is 165 cm³/mol. The van der Waals surface area contributed by atoms with E-state index in [1.807, 2.05) is 29.1 Å². The lowest BCUT2D eigenvalue weighted by atomic mass is 9.89. The molecule has 43 heavy (non-hydrogen) atoms. The van der Waals surface area contributed by atoms with Crippen LogP contribution in [0.25, 0.3) is 16.6 Å². The monoisotopic (exact) mass is 588 g/mol. The number of likely N-dealkylation sites (tertiary alicyclic amines) is 1. The van der Waals surface area contributed by atoms with Crippen molar-refractivity contribution in [2.24, 2.45) is 5.92 Å². The SMILES string of the molecule is COc1ccc2[nH]cc(C3CCN(CCc4cnn(-c5cccc(OCC(C)C)c5)c4)CC3)c2c1.O=C(O)/C=C\C(=O)O. The molecule has 1 aliphatic rings. The first-order chi connectivity index (χ1) is 20.7. The number of methoxy groups -OCH3 is 1. The van der Waals surface area contributed by atoms with Crippen LogP contribution in [0.2, 0.25) is 0 Å². The van der Waals surface area contributed by atoms with Gasteiger partial charge in [0.2, 0.25) is 0 Å². The van der Waals surface area contributed by atoms with Crippen LogP contribution in [-0.2, 0) is 16.0 Å². The molecule has 3 heterocycles. The molecule has 2 aromatic carbocycles. The number of hydrogen-bond donors (Lipinski definition) is 3. The summed E-state index contributed by atoms with van der Waals surface area (Å²) in [5.41, 5.74) is 4.93. The molecule has 1 fully saturated rings. The lowest BCUT2D eigenvalue weighted by Crippen LogP contribution is -2.34. The molecule has 1 saturated heterocycles. The van der Waals surface area contributed by atoms with E-state index in [2.05, 4.69) is 65.5 Å². The van der Waals surface area contributed by atoms with Gasteiger partial charge in [-0.2, -0.15) is 5.10 Å². The Morgan fingerprint density at radius 3 is 2.49 bits per heavy atom. The van der Waals surface area contributed by atoms with E-state index in [4.69, 9.17) is 19.7 Å². The first-order valence-electron chi connectivity index (χ1n) is 14.5. The van der Waals surface area contributed by atoms with Gasteiger partial charge in [0.1, 0.15) is 11.5 Å². The highest BCUT2D eigenvalue weighted by Crippen LogP contribution is 2.34. The molecule has 4 aromatic rings. The molecular weight excluding hydrogens is 548 g/mol. The smallest absolute Gasteiger partial charge is 0.328 e. The van der Waals surface area contributed by atoms with Crippen molar-refractivity contribution >= 4 is 22.8 Å². The summed E-state index contributed by atoms with van der Waals surface area (Å²) in [4.78, 5) is 25.1. The summed E-state index contributed by atoms with van der Waals surface area (Å²) < 4.78 is 13.3. The number of rotatable bonds is 11. The van der Waals surface area contributed by atoms with Crippen LogP contribution in [0.1, 0.15) is 43.7 Å². The Morgan fingerprint density at radius 2 is 1.81 bits per heavy atom. The largest absolute Gasteiger partial charge is 0.497 e. The molecule has 0 saturated carbocycles. The van der Waals surface area contributed by atoms with Crippen LogP contribution in [0.3, 0.4) is 0 Å². The predicted octanol–water partition coefficient (Wildman–Crippen LogP) is 5.53. The minimum atomic E-state index is -1.26. The van der Waals surface area contributed by atoms with Gasteiger partial charge in [0, 0.05) is 48.1 Å². The quantitative estimate of drug-likeness (QED) is 0.195. The third-order valence-corrected chi connectivity index (χ3v) is 7.34. The van der Waals surface area contributed by atoms with E-state index in [1.54, 1.807) is 7.11 Å². The third-order valence-electron chi connectivity index (χ3n) is 7.34. The number of ether oxygens (including phenoxy) is 2. The summed E-state index contributed by atoms with van der Waals surface area (Å²) in [6, 6.07) is 14.5. The fraction of sp³-hybridized carbons (Fsp3) is 0.364. The molecule has 0 radical (unpaired) electrons. The number of aromatic amines is 1. The zero-order valence-corrected chi connectivity index (χ0v) is 24.9. The Morgan fingerprint density at radius 1 is 1.07 bits per heavy atom. The Bertz CT molecular complexity index is 1520. The van der Waals surface area contributed by atoms with Gasteiger partial charge in [-0.05, 0) is 85.6 Å². The number of nitrogens with one attached hydrogen (secondary N) is 1. The standard InChI is InChI=1S/C29H36N4O2.C4H4O4/c1-21(2)20-35-26-6-4-5-24(15-26)33-19-22(17-31-33)9-12-32-13-10-23(11-14-32)28-18-30-29-8-7-25(34-3)16-27(28)29;5-3(6)1-2-4(7)8/h4-8,15-19,21,23,30H,9-14,20H2,1-3H3;1-2H,(H,5,6)(H,7,8)/b;2-1-. The number of H-pyrrole nitrogens is 1. The second-order valence-electron chi connectivity index (χ2n) is 11.0. The number of benzene rings is 2. The topological polar surface area (TPSA) is 130 Å². The molecule has 1 aliphatic heterocycles. The van der Waals surface area contributed by atoms with Crippen LogP contribution in [0.5, 0.6) is 11.5 Å². The first-order valence-corrected chi connectivity index (χ1v) is 14.5. The highest BCUT2D eigenvalue weighted by atomic mass is 16.5. The molecular formula is C33H40N4O6. The number of nitrogens with zero attached hydrogens (tertiary/aromatic N) is 3. The van der Waals surface area contributed by atoms with E-state index >= 15 is 0 Å². The number of carboxylic acids is 2. The fourth-order valence-corrected chi connectivity index (χ4v) is 5.09. The summed E-state index contributed by atoms with van der Waals surface area (Å²) in [6.07, 6.45) is 10.8. The molecule has 228 valence electrons. The highest BCUT2D eigenvalue weighted by molar-refractivity contribution is 5.89.